The lowest BCUT2D eigenvalue weighted by molar-refractivity contribution is 0.306. The summed E-state index contributed by atoms with van der Waals surface area (Å²) in [7, 11) is 3.11. The molecule has 0 N–H and O–H groups in total. The summed E-state index contributed by atoms with van der Waals surface area (Å²) in [5.41, 5.74) is 3.26. The number of rotatable bonds is 8. The van der Waals surface area contributed by atoms with Gasteiger partial charge in [0.2, 0.25) is 0 Å². The van der Waals surface area contributed by atoms with Gasteiger partial charge in [0.25, 0.3) is 0 Å². The van der Waals surface area contributed by atoms with Crippen molar-refractivity contribution in [3.63, 3.8) is 0 Å². The van der Waals surface area contributed by atoms with Gasteiger partial charge in [-0.05, 0) is 85.0 Å². The van der Waals surface area contributed by atoms with Crippen molar-refractivity contribution in [2.24, 2.45) is 0 Å². The normalized spacial score (nSPS) is 12.2. The zero-order chi connectivity index (χ0) is 29.0. The Morgan fingerprint density at radius 2 is 1.65 bits per heavy atom. The number of para-hydroxylation sites is 1. The number of nitrogens with zero attached hydrogens (tertiary/aromatic N) is 1. The highest BCUT2D eigenvalue weighted by atomic mass is 32.2. The summed E-state index contributed by atoms with van der Waals surface area (Å²) in [5.74, 6) is 0.939. The number of fused-ring (bicyclic) bond motifs is 1. The number of pyridine rings is 1. The SMILES string of the molecule is C=C(/C=C\C(=C/C)OC)S(=O)[O-].C=C/C(=C\C(=C/C)c1c(C)cnc2c(F)cccc12)OC.CC.CC. The summed E-state index contributed by atoms with van der Waals surface area (Å²) in [6.45, 7) is 20.7. The van der Waals surface area contributed by atoms with Crippen molar-refractivity contribution < 1.29 is 22.6 Å². The average Bonchev–Trinajstić information content (AvgIpc) is 2.93. The molecule has 0 saturated carbocycles. The van der Waals surface area contributed by atoms with E-state index in [9.17, 15) is 13.2 Å². The zero-order valence-electron chi connectivity index (χ0n) is 23.6. The Morgan fingerprint density at radius 3 is 2.11 bits per heavy atom. The maximum absolute atomic E-state index is 13.9. The van der Waals surface area contributed by atoms with Crippen molar-refractivity contribution in [1.82, 2.24) is 4.98 Å². The van der Waals surface area contributed by atoms with E-state index in [-0.39, 0.29) is 10.7 Å². The third kappa shape index (κ3) is 12.0. The van der Waals surface area contributed by atoms with Gasteiger partial charge in [-0.3, -0.25) is 9.19 Å². The van der Waals surface area contributed by atoms with E-state index in [1.807, 2.05) is 59.8 Å². The van der Waals surface area contributed by atoms with Gasteiger partial charge in [0.05, 0.1) is 14.2 Å². The molecule has 1 heterocycles. The van der Waals surface area contributed by atoms with Crippen LogP contribution in [0.15, 0.2) is 90.4 Å². The maximum atomic E-state index is 13.9. The molecule has 0 aliphatic carbocycles. The molecule has 0 fully saturated rings. The van der Waals surface area contributed by atoms with Gasteiger partial charge in [-0.25, -0.2) is 4.39 Å². The molecule has 5 nitrogen and oxygen atoms in total. The number of ether oxygens (including phenoxy) is 2. The third-order valence-corrected chi connectivity index (χ3v) is 5.10. The Bertz CT molecular complexity index is 1140. The van der Waals surface area contributed by atoms with Crippen LogP contribution < -0.4 is 0 Å². The smallest absolute Gasteiger partial charge is 0.149 e. The number of aromatic nitrogens is 1. The van der Waals surface area contributed by atoms with Gasteiger partial charge in [0.15, 0.2) is 0 Å². The predicted molar refractivity (Wildman–Crippen MR) is 156 cm³/mol. The fraction of sp³-hybridized carbons (Fsp3) is 0.300. The molecule has 2 rings (SSSR count). The summed E-state index contributed by atoms with van der Waals surface area (Å²) >= 11 is -2.24. The van der Waals surface area contributed by atoms with E-state index in [0.29, 0.717) is 17.0 Å². The second-order valence-electron chi connectivity index (χ2n) is 6.58. The summed E-state index contributed by atoms with van der Waals surface area (Å²) in [6.07, 6.45) is 11.8. The molecule has 37 heavy (non-hydrogen) atoms. The van der Waals surface area contributed by atoms with Gasteiger partial charge in [0.1, 0.15) is 22.9 Å². The number of allylic oxidation sites excluding steroid dienone is 7. The van der Waals surface area contributed by atoms with Crippen LogP contribution in [0, 0.1) is 12.7 Å². The molecule has 0 bridgehead atoms. The minimum absolute atomic E-state index is 0.0337. The Labute approximate surface area is 225 Å². The van der Waals surface area contributed by atoms with E-state index in [2.05, 4.69) is 18.1 Å². The van der Waals surface area contributed by atoms with Gasteiger partial charge in [-0.2, -0.15) is 0 Å². The molecule has 0 amide bonds. The molecule has 7 heteroatoms. The van der Waals surface area contributed by atoms with Crippen LogP contribution in [0.25, 0.3) is 16.5 Å². The number of halogens is 1. The quantitative estimate of drug-likeness (QED) is 0.195. The number of methoxy groups -OCH3 is 2. The van der Waals surface area contributed by atoms with Crippen LogP contribution >= 0.6 is 0 Å². The molecule has 0 saturated heterocycles. The molecular weight excluding hydrogens is 489 g/mol. The van der Waals surface area contributed by atoms with Gasteiger partial charge in [-0.15, -0.1) is 0 Å². The van der Waals surface area contributed by atoms with Crippen molar-refractivity contribution in [2.75, 3.05) is 14.2 Å². The maximum Gasteiger partial charge on any atom is 0.149 e. The first kappa shape index (κ1) is 35.9. The fourth-order valence-corrected chi connectivity index (χ4v) is 3.02. The lowest BCUT2D eigenvalue weighted by Crippen LogP contribution is -1.95. The second kappa shape index (κ2) is 20.9. The van der Waals surface area contributed by atoms with Gasteiger partial charge < -0.3 is 14.0 Å². The third-order valence-electron chi connectivity index (χ3n) is 4.54. The van der Waals surface area contributed by atoms with Gasteiger partial charge in [-0.1, -0.05) is 59.1 Å². The van der Waals surface area contributed by atoms with Crippen LogP contribution in [0.1, 0.15) is 52.7 Å². The molecule has 1 aromatic carbocycles. The van der Waals surface area contributed by atoms with E-state index >= 15 is 0 Å². The molecule has 0 aliphatic heterocycles. The fourth-order valence-electron chi connectivity index (χ4n) is 2.84. The molecular formula is C30H41FNO4S-. The van der Waals surface area contributed by atoms with Gasteiger partial charge >= 0.3 is 0 Å². The Balaban J connectivity index is 0. The molecule has 0 spiro atoms. The second-order valence-corrected chi connectivity index (χ2v) is 7.57. The molecule has 1 aromatic heterocycles. The minimum Gasteiger partial charge on any atom is -0.768 e. The highest BCUT2D eigenvalue weighted by Gasteiger charge is 2.12. The first-order valence-corrected chi connectivity index (χ1v) is 13.1. The standard InChI is InChI=1S/C18H18FNO.C8H12O3S.2C2H6/c1-5-13(10-14(6-2)21-4)17-12(3)11-20-18-15(17)8-7-9-16(18)19;1-4-8(11-3)6-5-7(2)12(9)10;2*1-2/h5-11H,2H2,1,3-4H3;4-6H,2H2,1,3H3,(H,9,10);2*1-2H3/p-1/b13-5+,14-10+;6-5-,8-4+;;. The Hall–Kier alpha value is -3.29. The number of aryl methyl sites for hydroxylation is 1. The summed E-state index contributed by atoms with van der Waals surface area (Å²) < 4.78 is 44.6. The number of hydrogen-bond acceptors (Lipinski definition) is 5. The number of benzene rings is 1. The van der Waals surface area contributed by atoms with Crippen LogP contribution in [-0.4, -0.2) is 28.0 Å². The monoisotopic (exact) mass is 530 g/mol. The zero-order valence-corrected chi connectivity index (χ0v) is 24.4. The van der Waals surface area contributed by atoms with Crippen molar-refractivity contribution in [2.45, 2.75) is 48.5 Å². The Morgan fingerprint density at radius 1 is 1.05 bits per heavy atom. The Kier molecular flexibility index (Phi) is 20.2. The van der Waals surface area contributed by atoms with Crippen molar-refractivity contribution in [1.29, 1.82) is 0 Å². The van der Waals surface area contributed by atoms with E-state index in [1.165, 1.54) is 25.3 Å². The molecule has 0 aliphatic rings. The van der Waals surface area contributed by atoms with Crippen molar-refractivity contribution in [3.8, 4) is 0 Å². The van der Waals surface area contributed by atoms with Crippen LogP contribution in [0.4, 0.5) is 4.39 Å². The van der Waals surface area contributed by atoms with Crippen LogP contribution in [0.5, 0.6) is 0 Å². The van der Waals surface area contributed by atoms with Crippen molar-refractivity contribution >= 4 is 27.6 Å². The molecule has 0 radical (unpaired) electrons. The largest absolute Gasteiger partial charge is 0.768 e. The topological polar surface area (TPSA) is 71.5 Å². The predicted octanol–water partition coefficient (Wildman–Crippen LogP) is 8.34. The number of hydrogen-bond donors (Lipinski definition) is 0. The van der Waals surface area contributed by atoms with E-state index in [0.717, 1.165) is 22.1 Å². The van der Waals surface area contributed by atoms with Gasteiger partial charge in [0, 0.05) is 16.5 Å². The molecule has 1 atom stereocenters. The minimum atomic E-state index is -2.24. The van der Waals surface area contributed by atoms with E-state index < -0.39 is 11.1 Å². The summed E-state index contributed by atoms with van der Waals surface area (Å²) in [5, 5.41) is 0.791. The summed E-state index contributed by atoms with van der Waals surface area (Å²) in [4.78, 5) is 4.24. The lowest BCUT2D eigenvalue weighted by atomic mass is 9.96. The highest BCUT2D eigenvalue weighted by molar-refractivity contribution is 7.83. The summed E-state index contributed by atoms with van der Waals surface area (Å²) in [6, 6.07) is 5.00. The highest BCUT2D eigenvalue weighted by Crippen LogP contribution is 2.30. The molecule has 204 valence electrons. The molecule has 2 aromatic rings. The first-order valence-electron chi connectivity index (χ1n) is 12.0. The van der Waals surface area contributed by atoms with Crippen LogP contribution in [0.3, 0.4) is 0 Å². The van der Waals surface area contributed by atoms with Crippen molar-refractivity contribution in [3.05, 3.63) is 107 Å². The average molecular weight is 531 g/mol. The van der Waals surface area contributed by atoms with E-state index in [1.54, 1.807) is 38.4 Å². The van der Waals surface area contributed by atoms with Crippen LogP contribution in [0.2, 0.25) is 0 Å². The lowest BCUT2D eigenvalue weighted by Gasteiger charge is -2.12. The first-order chi connectivity index (χ1) is 17.7. The van der Waals surface area contributed by atoms with Crippen LogP contribution in [-0.2, 0) is 20.6 Å². The molecule has 1 unspecified atom stereocenters. The van der Waals surface area contributed by atoms with E-state index in [4.69, 9.17) is 9.47 Å².